The van der Waals surface area contributed by atoms with Crippen molar-refractivity contribution in [3.05, 3.63) is 60.7 Å². The SMILES string of the molecule is COc1ccc(NC(=O)CSc2ccc3ccccc3n2)cc1. The van der Waals surface area contributed by atoms with Crippen LogP contribution in [-0.2, 0) is 4.79 Å². The maximum atomic E-state index is 12.0. The lowest BCUT2D eigenvalue weighted by Crippen LogP contribution is -2.14. The third kappa shape index (κ3) is 4.02. The molecule has 0 unspecified atom stereocenters. The van der Waals surface area contributed by atoms with Crippen LogP contribution >= 0.6 is 11.8 Å². The minimum absolute atomic E-state index is 0.0601. The van der Waals surface area contributed by atoms with E-state index in [1.165, 1.54) is 11.8 Å². The van der Waals surface area contributed by atoms with E-state index in [1.807, 2.05) is 60.7 Å². The summed E-state index contributed by atoms with van der Waals surface area (Å²) < 4.78 is 5.09. The Labute approximate surface area is 138 Å². The van der Waals surface area contributed by atoms with Gasteiger partial charge in [0.1, 0.15) is 5.75 Å². The van der Waals surface area contributed by atoms with Crippen LogP contribution in [0.4, 0.5) is 5.69 Å². The molecule has 3 aromatic rings. The number of nitrogens with zero attached hydrogens (tertiary/aromatic N) is 1. The fraction of sp³-hybridized carbons (Fsp3) is 0.111. The standard InChI is InChI=1S/C18H16N2O2S/c1-22-15-9-7-14(8-10-15)19-17(21)12-23-18-11-6-13-4-2-3-5-16(13)20-18/h2-11H,12H2,1H3,(H,19,21). The molecule has 5 heteroatoms. The Morgan fingerprint density at radius 2 is 1.87 bits per heavy atom. The Kier molecular flexibility index (Phi) is 4.78. The van der Waals surface area contributed by atoms with Crippen LogP contribution in [0.15, 0.2) is 65.7 Å². The van der Waals surface area contributed by atoms with Gasteiger partial charge in [0.25, 0.3) is 0 Å². The number of pyridine rings is 1. The zero-order chi connectivity index (χ0) is 16.1. The number of thioether (sulfide) groups is 1. The monoisotopic (exact) mass is 324 g/mol. The second-order valence-electron chi connectivity index (χ2n) is 4.91. The highest BCUT2D eigenvalue weighted by atomic mass is 32.2. The molecule has 1 heterocycles. The largest absolute Gasteiger partial charge is 0.497 e. The van der Waals surface area contributed by atoms with Crippen molar-refractivity contribution in [3.63, 3.8) is 0 Å². The number of hydrogen-bond donors (Lipinski definition) is 1. The van der Waals surface area contributed by atoms with Crippen molar-refractivity contribution in [3.8, 4) is 5.75 Å². The number of aromatic nitrogens is 1. The van der Waals surface area contributed by atoms with Crippen molar-refractivity contribution in [2.45, 2.75) is 5.03 Å². The van der Waals surface area contributed by atoms with Crippen LogP contribution in [-0.4, -0.2) is 23.8 Å². The number of fused-ring (bicyclic) bond motifs is 1. The van der Waals surface area contributed by atoms with Gasteiger partial charge < -0.3 is 10.1 Å². The Bertz CT molecular complexity index is 819. The van der Waals surface area contributed by atoms with E-state index in [0.717, 1.165) is 27.4 Å². The summed E-state index contributed by atoms with van der Waals surface area (Å²) in [5.41, 5.74) is 1.69. The van der Waals surface area contributed by atoms with Gasteiger partial charge in [0, 0.05) is 11.1 Å². The predicted molar refractivity (Wildman–Crippen MR) is 94.1 cm³/mol. The smallest absolute Gasteiger partial charge is 0.234 e. The minimum Gasteiger partial charge on any atom is -0.497 e. The fourth-order valence-corrected chi connectivity index (χ4v) is 2.82. The number of ether oxygens (including phenoxy) is 1. The summed E-state index contributed by atoms with van der Waals surface area (Å²) >= 11 is 1.42. The van der Waals surface area contributed by atoms with Crippen LogP contribution in [0, 0.1) is 0 Å². The quantitative estimate of drug-likeness (QED) is 0.721. The Hall–Kier alpha value is -2.53. The number of hydrogen-bond acceptors (Lipinski definition) is 4. The zero-order valence-corrected chi connectivity index (χ0v) is 13.5. The van der Waals surface area contributed by atoms with Crippen LogP contribution in [0.25, 0.3) is 10.9 Å². The molecule has 4 nitrogen and oxygen atoms in total. The van der Waals surface area contributed by atoms with Crippen LogP contribution in [0.5, 0.6) is 5.75 Å². The first-order valence-corrected chi connectivity index (χ1v) is 8.16. The van der Waals surface area contributed by atoms with Gasteiger partial charge in [-0.05, 0) is 36.4 Å². The Balaban J connectivity index is 1.58. The molecule has 1 amide bonds. The number of nitrogens with one attached hydrogen (secondary N) is 1. The van der Waals surface area contributed by atoms with Crippen molar-refractivity contribution in [2.75, 3.05) is 18.2 Å². The Morgan fingerprint density at radius 3 is 2.65 bits per heavy atom. The molecule has 0 radical (unpaired) electrons. The molecule has 116 valence electrons. The lowest BCUT2D eigenvalue weighted by molar-refractivity contribution is -0.113. The third-order valence-corrected chi connectivity index (χ3v) is 4.23. The van der Waals surface area contributed by atoms with Gasteiger partial charge in [0.2, 0.25) is 5.91 Å². The molecule has 1 N–H and O–H groups in total. The first-order valence-electron chi connectivity index (χ1n) is 7.17. The third-order valence-electron chi connectivity index (χ3n) is 3.30. The normalized spacial score (nSPS) is 10.5. The lowest BCUT2D eigenvalue weighted by Gasteiger charge is -2.06. The van der Waals surface area contributed by atoms with E-state index in [1.54, 1.807) is 7.11 Å². The van der Waals surface area contributed by atoms with Gasteiger partial charge >= 0.3 is 0 Å². The summed E-state index contributed by atoms with van der Waals surface area (Å²) in [4.78, 5) is 16.6. The zero-order valence-electron chi connectivity index (χ0n) is 12.7. The number of para-hydroxylation sites is 1. The Morgan fingerprint density at radius 1 is 1.09 bits per heavy atom. The van der Waals surface area contributed by atoms with Gasteiger partial charge in [0.05, 0.1) is 23.4 Å². The van der Waals surface area contributed by atoms with E-state index in [0.29, 0.717) is 5.75 Å². The summed E-state index contributed by atoms with van der Waals surface area (Å²) in [5, 5.41) is 4.80. The van der Waals surface area contributed by atoms with E-state index in [4.69, 9.17) is 4.74 Å². The maximum Gasteiger partial charge on any atom is 0.234 e. The highest BCUT2D eigenvalue weighted by Gasteiger charge is 2.05. The van der Waals surface area contributed by atoms with Crippen molar-refractivity contribution in [1.82, 2.24) is 4.98 Å². The average Bonchev–Trinajstić information content (AvgIpc) is 2.60. The highest BCUT2D eigenvalue weighted by molar-refractivity contribution is 7.99. The number of benzene rings is 2. The molecule has 0 saturated carbocycles. The fourth-order valence-electron chi connectivity index (χ4n) is 2.14. The molecule has 0 atom stereocenters. The number of carbonyl (C=O) groups excluding carboxylic acids is 1. The second-order valence-corrected chi connectivity index (χ2v) is 5.90. The van der Waals surface area contributed by atoms with Crippen molar-refractivity contribution in [1.29, 1.82) is 0 Å². The molecule has 23 heavy (non-hydrogen) atoms. The molecular weight excluding hydrogens is 308 g/mol. The van der Waals surface area contributed by atoms with E-state index in [-0.39, 0.29) is 5.91 Å². The second kappa shape index (κ2) is 7.15. The molecule has 0 aliphatic carbocycles. The number of anilines is 1. The molecule has 0 spiro atoms. The minimum atomic E-state index is -0.0601. The number of methoxy groups -OCH3 is 1. The van der Waals surface area contributed by atoms with Crippen molar-refractivity contribution >= 4 is 34.3 Å². The summed E-state index contributed by atoms with van der Waals surface area (Å²) in [7, 11) is 1.61. The molecule has 2 aromatic carbocycles. The molecule has 0 aliphatic rings. The van der Waals surface area contributed by atoms with Crippen molar-refractivity contribution in [2.24, 2.45) is 0 Å². The van der Waals surface area contributed by atoms with Crippen LogP contribution in [0.1, 0.15) is 0 Å². The number of carbonyl (C=O) groups is 1. The van der Waals surface area contributed by atoms with Gasteiger partial charge in [-0.25, -0.2) is 4.98 Å². The number of rotatable bonds is 5. The molecule has 3 rings (SSSR count). The molecule has 0 fully saturated rings. The highest BCUT2D eigenvalue weighted by Crippen LogP contribution is 2.20. The van der Waals surface area contributed by atoms with Crippen molar-refractivity contribution < 1.29 is 9.53 Å². The van der Waals surface area contributed by atoms with E-state index in [2.05, 4.69) is 10.3 Å². The average molecular weight is 324 g/mol. The number of amides is 1. The molecular formula is C18H16N2O2S. The first kappa shape index (κ1) is 15.4. The summed E-state index contributed by atoms with van der Waals surface area (Å²) in [6, 6.07) is 19.1. The maximum absolute atomic E-state index is 12.0. The van der Waals surface area contributed by atoms with E-state index < -0.39 is 0 Å². The molecule has 1 aromatic heterocycles. The molecule has 0 bridgehead atoms. The summed E-state index contributed by atoms with van der Waals surface area (Å²) in [6.07, 6.45) is 0. The van der Waals surface area contributed by atoms with Gasteiger partial charge in [-0.2, -0.15) is 0 Å². The van der Waals surface area contributed by atoms with E-state index in [9.17, 15) is 4.79 Å². The molecule has 0 aliphatic heterocycles. The summed E-state index contributed by atoms with van der Waals surface area (Å²) in [6.45, 7) is 0. The summed E-state index contributed by atoms with van der Waals surface area (Å²) in [5.74, 6) is 1.02. The molecule has 0 saturated heterocycles. The van der Waals surface area contributed by atoms with Crippen LogP contribution in [0.3, 0.4) is 0 Å². The van der Waals surface area contributed by atoms with Crippen LogP contribution < -0.4 is 10.1 Å². The van der Waals surface area contributed by atoms with Crippen LogP contribution in [0.2, 0.25) is 0 Å². The van der Waals surface area contributed by atoms with Gasteiger partial charge in [-0.15, -0.1) is 0 Å². The van der Waals surface area contributed by atoms with Gasteiger partial charge in [-0.1, -0.05) is 36.0 Å². The van der Waals surface area contributed by atoms with Gasteiger partial charge in [-0.3, -0.25) is 4.79 Å². The predicted octanol–water partition coefficient (Wildman–Crippen LogP) is 3.97. The lowest BCUT2D eigenvalue weighted by atomic mass is 10.2. The first-order chi connectivity index (χ1) is 11.2. The van der Waals surface area contributed by atoms with E-state index >= 15 is 0 Å². The van der Waals surface area contributed by atoms with Gasteiger partial charge in [0.15, 0.2) is 0 Å². The topological polar surface area (TPSA) is 51.2 Å².